The van der Waals surface area contributed by atoms with Gasteiger partial charge in [-0.05, 0) is 44.4 Å². The SMILES string of the molecule is CC1CCC(n2cnc(CNC3CC3)n2)CC1. The molecule has 2 aliphatic carbocycles. The van der Waals surface area contributed by atoms with Crippen LogP contribution in [0.3, 0.4) is 0 Å². The van der Waals surface area contributed by atoms with E-state index in [0.717, 1.165) is 24.3 Å². The molecule has 0 saturated heterocycles. The number of rotatable bonds is 4. The van der Waals surface area contributed by atoms with Crippen LogP contribution in [0.15, 0.2) is 6.33 Å². The number of aromatic nitrogens is 3. The molecule has 0 unspecified atom stereocenters. The minimum atomic E-state index is 0.591. The normalized spacial score (nSPS) is 29.5. The summed E-state index contributed by atoms with van der Waals surface area (Å²) in [6.45, 7) is 3.18. The van der Waals surface area contributed by atoms with Crippen LogP contribution < -0.4 is 5.32 Å². The Bertz CT molecular complexity index is 361. The Hall–Kier alpha value is -0.900. The first kappa shape index (κ1) is 11.2. The molecule has 0 atom stereocenters. The Morgan fingerprint density at radius 2 is 2.00 bits per heavy atom. The molecule has 0 aliphatic heterocycles. The molecule has 3 rings (SSSR count). The molecule has 17 heavy (non-hydrogen) atoms. The molecule has 0 aromatic carbocycles. The van der Waals surface area contributed by atoms with Gasteiger partial charge in [-0.15, -0.1) is 0 Å². The Morgan fingerprint density at radius 1 is 1.24 bits per heavy atom. The minimum absolute atomic E-state index is 0.591. The van der Waals surface area contributed by atoms with E-state index in [1.165, 1.54) is 38.5 Å². The van der Waals surface area contributed by atoms with Gasteiger partial charge < -0.3 is 5.32 Å². The van der Waals surface area contributed by atoms with E-state index >= 15 is 0 Å². The van der Waals surface area contributed by atoms with Crippen molar-refractivity contribution >= 4 is 0 Å². The second-order valence-corrected chi connectivity index (χ2v) is 5.71. The zero-order valence-electron chi connectivity index (χ0n) is 10.6. The molecule has 2 saturated carbocycles. The highest BCUT2D eigenvalue weighted by Gasteiger charge is 2.22. The summed E-state index contributed by atoms with van der Waals surface area (Å²) in [5.41, 5.74) is 0. The van der Waals surface area contributed by atoms with Crippen molar-refractivity contribution in [3.05, 3.63) is 12.2 Å². The molecule has 2 aliphatic rings. The van der Waals surface area contributed by atoms with Gasteiger partial charge in [0.05, 0.1) is 12.6 Å². The van der Waals surface area contributed by atoms with E-state index < -0.39 is 0 Å². The van der Waals surface area contributed by atoms with E-state index in [4.69, 9.17) is 0 Å². The van der Waals surface area contributed by atoms with Crippen LogP contribution in [0.4, 0.5) is 0 Å². The van der Waals surface area contributed by atoms with Gasteiger partial charge in [-0.2, -0.15) is 5.10 Å². The van der Waals surface area contributed by atoms with E-state index in [2.05, 4.69) is 27.0 Å². The maximum absolute atomic E-state index is 4.60. The highest BCUT2D eigenvalue weighted by molar-refractivity contribution is 4.88. The van der Waals surface area contributed by atoms with Crippen molar-refractivity contribution in [1.29, 1.82) is 0 Å². The molecule has 1 aromatic rings. The lowest BCUT2D eigenvalue weighted by Gasteiger charge is -2.25. The second kappa shape index (κ2) is 4.77. The Morgan fingerprint density at radius 3 is 2.71 bits per heavy atom. The summed E-state index contributed by atoms with van der Waals surface area (Å²) in [5, 5.41) is 8.06. The second-order valence-electron chi connectivity index (χ2n) is 5.71. The van der Waals surface area contributed by atoms with Gasteiger partial charge in [-0.1, -0.05) is 6.92 Å². The fourth-order valence-corrected chi connectivity index (χ4v) is 2.60. The fourth-order valence-electron chi connectivity index (χ4n) is 2.60. The van der Waals surface area contributed by atoms with Crippen LogP contribution in [0.25, 0.3) is 0 Å². The lowest BCUT2D eigenvalue weighted by molar-refractivity contribution is 0.272. The van der Waals surface area contributed by atoms with Gasteiger partial charge in [-0.25, -0.2) is 9.67 Å². The first-order valence-electron chi connectivity index (χ1n) is 6.94. The third kappa shape index (κ3) is 2.86. The summed E-state index contributed by atoms with van der Waals surface area (Å²) in [4.78, 5) is 4.40. The highest BCUT2D eigenvalue weighted by Crippen LogP contribution is 2.31. The van der Waals surface area contributed by atoms with Gasteiger partial charge in [0.1, 0.15) is 6.33 Å². The quantitative estimate of drug-likeness (QED) is 0.869. The topological polar surface area (TPSA) is 42.7 Å². The lowest BCUT2D eigenvalue weighted by Crippen LogP contribution is -2.19. The molecule has 0 spiro atoms. The van der Waals surface area contributed by atoms with Gasteiger partial charge in [0.15, 0.2) is 5.82 Å². The molecule has 4 heteroatoms. The van der Waals surface area contributed by atoms with Crippen molar-refractivity contribution in [1.82, 2.24) is 20.1 Å². The summed E-state index contributed by atoms with van der Waals surface area (Å²) in [7, 11) is 0. The van der Waals surface area contributed by atoms with Gasteiger partial charge in [0.2, 0.25) is 0 Å². The molecule has 2 fully saturated rings. The van der Waals surface area contributed by atoms with Crippen molar-refractivity contribution < 1.29 is 0 Å². The zero-order valence-corrected chi connectivity index (χ0v) is 10.6. The smallest absolute Gasteiger partial charge is 0.164 e. The van der Waals surface area contributed by atoms with Crippen LogP contribution in [0.5, 0.6) is 0 Å². The van der Waals surface area contributed by atoms with Crippen molar-refractivity contribution in [2.45, 2.75) is 64.1 Å². The molecule has 1 heterocycles. The Labute approximate surface area is 103 Å². The number of nitrogens with one attached hydrogen (secondary N) is 1. The summed E-state index contributed by atoms with van der Waals surface area (Å²) in [6, 6.07) is 1.32. The monoisotopic (exact) mass is 234 g/mol. The average molecular weight is 234 g/mol. The molecule has 0 bridgehead atoms. The van der Waals surface area contributed by atoms with E-state index in [-0.39, 0.29) is 0 Å². The van der Waals surface area contributed by atoms with Crippen molar-refractivity contribution in [2.24, 2.45) is 5.92 Å². The molecule has 1 N–H and O–H groups in total. The number of hydrogen-bond acceptors (Lipinski definition) is 3. The molecular formula is C13H22N4. The van der Waals surface area contributed by atoms with E-state index in [0.29, 0.717) is 6.04 Å². The van der Waals surface area contributed by atoms with Crippen LogP contribution in [-0.4, -0.2) is 20.8 Å². The molecule has 0 amide bonds. The number of hydrogen-bond donors (Lipinski definition) is 1. The molecule has 1 aromatic heterocycles. The first-order chi connectivity index (χ1) is 8.31. The molecule has 4 nitrogen and oxygen atoms in total. The molecular weight excluding hydrogens is 212 g/mol. The lowest BCUT2D eigenvalue weighted by atomic mass is 9.87. The van der Waals surface area contributed by atoms with Gasteiger partial charge in [0.25, 0.3) is 0 Å². The maximum atomic E-state index is 4.60. The van der Waals surface area contributed by atoms with Crippen LogP contribution >= 0.6 is 0 Å². The minimum Gasteiger partial charge on any atom is -0.307 e. The fraction of sp³-hybridized carbons (Fsp3) is 0.846. The predicted octanol–water partition coefficient (Wildman–Crippen LogP) is 2.28. The zero-order chi connectivity index (χ0) is 11.7. The maximum Gasteiger partial charge on any atom is 0.164 e. The Balaban J connectivity index is 1.55. The van der Waals surface area contributed by atoms with Gasteiger partial charge >= 0.3 is 0 Å². The van der Waals surface area contributed by atoms with Crippen molar-refractivity contribution in [2.75, 3.05) is 0 Å². The van der Waals surface area contributed by atoms with Crippen molar-refractivity contribution in [3.63, 3.8) is 0 Å². The van der Waals surface area contributed by atoms with Gasteiger partial charge in [-0.3, -0.25) is 0 Å². The molecule has 94 valence electrons. The summed E-state index contributed by atoms with van der Waals surface area (Å²) in [6.07, 6.45) is 9.76. The third-order valence-electron chi connectivity index (χ3n) is 4.04. The third-order valence-corrected chi connectivity index (χ3v) is 4.04. The highest BCUT2D eigenvalue weighted by atomic mass is 15.3. The largest absolute Gasteiger partial charge is 0.307 e. The first-order valence-corrected chi connectivity index (χ1v) is 6.94. The average Bonchev–Trinajstić information content (AvgIpc) is 3.06. The van der Waals surface area contributed by atoms with Gasteiger partial charge in [0, 0.05) is 6.04 Å². The van der Waals surface area contributed by atoms with Crippen LogP contribution in [-0.2, 0) is 6.54 Å². The van der Waals surface area contributed by atoms with Crippen molar-refractivity contribution in [3.8, 4) is 0 Å². The number of nitrogens with zero attached hydrogens (tertiary/aromatic N) is 3. The van der Waals surface area contributed by atoms with Crippen LogP contribution in [0.2, 0.25) is 0 Å². The van der Waals surface area contributed by atoms with Crippen LogP contribution in [0.1, 0.15) is 57.3 Å². The standard InChI is InChI=1S/C13H22N4/c1-10-2-6-12(7-3-10)17-9-15-13(16-17)8-14-11-4-5-11/h9-12,14H,2-8H2,1H3. The summed E-state index contributed by atoms with van der Waals surface area (Å²) in [5.74, 6) is 1.85. The van der Waals surface area contributed by atoms with Crippen LogP contribution in [0, 0.1) is 5.92 Å². The van der Waals surface area contributed by atoms with E-state index in [1.54, 1.807) is 0 Å². The summed E-state index contributed by atoms with van der Waals surface area (Å²) >= 11 is 0. The summed E-state index contributed by atoms with van der Waals surface area (Å²) < 4.78 is 2.09. The predicted molar refractivity (Wildman–Crippen MR) is 66.6 cm³/mol. The van der Waals surface area contributed by atoms with E-state index in [1.807, 2.05) is 6.33 Å². The Kier molecular flexibility index (Phi) is 3.14. The van der Waals surface area contributed by atoms with E-state index in [9.17, 15) is 0 Å². The molecule has 0 radical (unpaired) electrons.